The quantitative estimate of drug-likeness (QED) is 0.726. The van der Waals surface area contributed by atoms with E-state index in [4.69, 9.17) is 9.47 Å². The highest BCUT2D eigenvalue weighted by Crippen LogP contribution is 2.33. The monoisotopic (exact) mass is 401 g/mol. The van der Waals surface area contributed by atoms with Gasteiger partial charge in [-0.05, 0) is 30.5 Å². The fourth-order valence-corrected chi connectivity index (χ4v) is 3.69. The number of amides is 3. The lowest BCUT2D eigenvalue weighted by molar-refractivity contribution is -0.117. The molecule has 0 aromatic heterocycles. The maximum absolute atomic E-state index is 12.5. The van der Waals surface area contributed by atoms with Crippen LogP contribution in [0.4, 0.5) is 16.2 Å². The molecule has 3 amide bonds. The number of hydrogen-bond acceptors (Lipinski definition) is 5. The van der Waals surface area contributed by atoms with Gasteiger partial charge in [0.05, 0.1) is 25.9 Å². The number of rotatable bonds is 6. The molecule has 2 aromatic carbocycles. The van der Waals surface area contributed by atoms with Crippen molar-refractivity contribution in [3.8, 4) is 11.5 Å². The summed E-state index contributed by atoms with van der Waals surface area (Å²) in [7, 11) is 3.11. The molecule has 1 aliphatic heterocycles. The Balaban J connectivity index is 1.65. The number of para-hydroxylation sites is 1. The molecule has 0 unspecified atom stereocenters. The minimum absolute atomic E-state index is 0.0537. The summed E-state index contributed by atoms with van der Waals surface area (Å²) in [4.78, 5) is 27.5. The molecule has 1 fully saturated rings. The summed E-state index contributed by atoms with van der Waals surface area (Å²) in [5.41, 5.74) is 1.45. The third-order valence-corrected chi connectivity index (χ3v) is 5.29. The third kappa shape index (κ3) is 4.33. The lowest BCUT2D eigenvalue weighted by Crippen LogP contribution is -2.39. The summed E-state index contributed by atoms with van der Waals surface area (Å²) >= 11 is 1.56. The number of carbonyl (C=O) groups excluding carboxylic acids is 2. The Morgan fingerprint density at radius 1 is 1.14 bits per heavy atom. The van der Waals surface area contributed by atoms with Crippen molar-refractivity contribution in [2.45, 2.75) is 17.4 Å². The van der Waals surface area contributed by atoms with Crippen molar-refractivity contribution < 1.29 is 19.1 Å². The van der Waals surface area contributed by atoms with Crippen molar-refractivity contribution in [3.05, 3.63) is 42.5 Å². The van der Waals surface area contributed by atoms with Gasteiger partial charge in [0.1, 0.15) is 0 Å². The zero-order valence-corrected chi connectivity index (χ0v) is 16.8. The highest BCUT2D eigenvalue weighted by Gasteiger charge is 2.32. The predicted octanol–water partition coefficient (Wildman–Crippen LogP) is 3.35. The molecule has 1 saturated heterocycles. The standard InChI is InChI=1S/C20H23N3O4S/c1-26-16-9-8-14(11-17(16)27-2)23-12-13(10-19(23)24)21-20(25)22-15-6-4-5-7-18(15)28-3/h4-9,11,13H,10,12H2,1-3H3,(H2,21,22,25)/t13-/m0/s1. The van der Waals surface area contributed by atoms with Crippen LogP contribution >= 0.6 is 11.8 Å². The molecule has 1 atom stereocenters. The Morgan fingerprint density at radius 2 is 1.89 bits per heavy atom. The number of hydrogen-bond donors (Lipinski definition) is 2. The zero-order valence-electron chi connectivity index (χ0n) is 16.0. The fourth-order valence-electron chi connectivity index (χ4n) is 3.14. The normalized spacial score (nSPS) is 16.0. The van der Waals surface area contributed by atoms with E-state index in [9.17, 15) is 9.59 Å². The van der Waals surface area contributed by atoms with Gasteiger partial charge in [0.25, 0.3) is 0 Å². The first-order valence-electron chi connectivity index (χ1n) is 8.78. The van der Waals surface area contributed by atoms with Crippen molar-refractivity contribution in [1.29, 1.82) is 0 Å². The van der Waals surface area contributed by atoms with E-state index < -0.39 is 0 Å². The maximum Gasteiger partial charge on any atom is 0.319 e. The zero-order chi connectivity index (χ0) is 20.1. The minimum atomic E-state index is -0.325. The smallest absolute Gasteiger partial charge is 0.319 e. The molecule has 28 heavy (non-hydrogen) atoms. The van der Waals surface area contributed by atoms with E-state index in [0.29, 0.717) is 23.7 Å². The Kier molecular flexibility index (Phi) is 6.30. The van der Waals surface area contributed by atoms with E-state index >= 15 is 0 Å². The molecule has 1 aliphatic rings. The van der Waals surface area contributed by atoms with E-state index in [1.165, 1.54) is 0 Å². The van der Waals surface area contributed by atoms with Crippen LogP contribution in [0.3, 0.4) is 0 Å². The number of urea groups is 1. The van der Waals surface area contributed by atoms with E-state index in [0.717, 1.165) is 10.6 Å². The van der Waals surface area contributed by atoms with Gasteiger partial charge in [-0.1, -0.05) is 12.1 Å². The van der Waals surface area contributed by atoms with Gasteiger partial charge in [0.15, 0.2) is 11.5 Å². The first-order chi connectivity index (χ1) is 13.5. The van der Waals surface area contributed by atoms with Crippen LogP contribution in [0.25, 0.3) is 0 Å². The Morgan fingerprint density at radius 3 is 2.61 bits per heavy atom. The fraction of sp³-hybridized carbons (Fsp3) is 0.300. The van der Waals surface area contributed by atoms with E-state index in [-0.39, 0.29) is 24.4 Å². The molecule has 0 bridgehead atoms. The third-order valence-electron chi connectivity index (χ3n) is 4.49. The van der Waals surface area contributed by atoms with Gasteiger partial charge in [0.2, 0.25) is 5.91 Å². The number of anilines is 2. The molecular weight excluding hydrogens is 378 g/mol. The van der Waals surface area contributed by atoms with Crippen LogP contribution in [-0.2, 0) is 4.79 Å². The number of nitrogens with one attached hydrogen (secondary N) is 2. The average Bonchev–Trinajstić information content (AvgIpc) is 3.07. The second kappa shape index (κ2) is 8.88. The Bertz CT molecular complexity index is 874. The van der Waals surface area contributed by atoms with Gasteiger partial charge < -0.3 is 25.0 Å². The van der Waals surface area contributed by atoms with Crippen LogP contribution < -0.4 is 25.0 Å². The first kappa shape index (κ1) is 19.9. The topological polar surface area (TPSA) is 79.9 Å². The molecular formula is C20H23N3O4S. The molecule has 1 heterocycles. The molecule has 2 N–H and O–H groups in total. The maximum atomic E-state index is 12.5. The number of benzene rings is 2. The number of carbonyl (C=O) groups is 2. The summed E-state index contributed by atoms with van der Waals surface area (Å²) in [6, 6.07) is 12.3. The summed E-state index contributed by atoms with van der Waals surface area (Å²) in [5.74, 6) is 1.09. The van der Waals surface area contributed by atoms with Crippen molar-refractivity contribution in [3.63, 3.8) is 0 Å². The Labute approximate surface area is 168 Å². The summed E-state index contributed by atoms with van der Waals surface area (Å²) < 4.78 is 10.5. The summed E-state index contributed by atoms with van der Waals surface area (Å²) in [6.07, 6.45) is 2.20. The van der Waals surface area contributed by atoms with E-state index in [1.54, 1.807) is 49.1 Å². The highest BCUT2D eigenvalue weighted by molar-refractivity contribution is 7.98. The van der Waals surface area contributed by atoms with Gasteiger partial charge in [-0.25, -0.2) is 4.79 Å². The molecule has 7 nitrogen and oxygen atoms in total. The molecule has 148 valence electrons. The second-order valence-corrected chi connectivity index (χ2v) is 7.09. The SMILES string of the molecule is COc1ccc(N2C[C@@H](NC(=O)Nc3ccccc3SC)CC2=O)cc1OC. The lowest BCUT2D eigenvalue weighted by atomic mass is 10.2. The van der Waals surface area contributed by atoms with Gasteiger partial charge >= 0.3 is 6.03 Å². The summed E-state index contributed by atoms with van der Waals surface area (Å²) in [5, 5.41) is 5.74. The van der Waals surface area contributed by atoms with E-state index in [1.807, 2.05) is 30.5 Å². The van der Waals surface area contributed by atoms with Gasteiger partial charge in [-0.3, -0.25) is 4.79 Å². The molecule has 2 aromatic rings. The molecule has 3 rings (SSSR count). The van der Waals surface area contributed by atoms with Crippen molar-refractivity contribution in [2.75, 3.05) is 37.2 Å². The number of methoxy groups -OCH3 is 2. The second-order valence-electron chi connectivity index (χ2n) is 6.24. The van der Waals surface area contributed by atoms with Crippen LogP contribution in [0.2, 0.25) is 0 Å². The van der Waals surface area contributed by atoms with Crippen LogP contribution in [0.5, 0.6) is 11.5 Å². The summed E-state index contributed by atoms with van der Waals surface area (Å²) in [6.45, 7) is 0.395. The predicted molar refractivity (Wildman–Crippen MR) is 111 cm³/mol. The lowest BCUT2D eigenvalue weighted by Gasteiger charge is -2.19. The average molecular weight is 401 g/mol. The van der Waals surface area contributed by atoms with Gasteiger partial charge in [0, 0.05) is 29.6 Å². The molecule has 0 radical (unpaired) electrons. The van der Waals surface area contributed by atoms with Crippen molar-refractivity contribution >= 4 is 35.1 Å². The van der Waals surface area contributed by atoms with Gasteiger partial charge in [-0.2, -0.15) is 0 Å². The van der Waals surface area contributed by atoms with Crippen LogP contribution in [-0.4, -0.2) is 45.0 Å². The minimum Gasteiger partial charge on any atom is -0.493 e. The number of thioether (sulfide) groups is 1. The molecule has 8 heteroatoms. The van der Waals surface area contributed by atoms with E-state index in [2.05, 4.69) is 10.6 Å². The number of nitrogens with zero attached hydrogens (tertiary/aromatic N) is 1. The van der Waals surface area contributed by atoms with Crippen molar-refractivity contribution in [1.82, 2.24) is 5.32 Å². The highest BCUT2D eigenvalue weighted by atomic mass is 32.2. The van der Waals surface area contributed by atoms with Crippen molar-refractivity contribution in [2.24, 2.45) is 0 Å². The van der Waals surface area contributed by atoms with Crippen LogP contribution in [0, 0.1) is 0 Å². The van der Waals surface area contributed by atoms with Crippen LogP contribution in [0.1, 0.15) is 6.42 Å². The molecule has 0 spiro atoms. The van der Waals surface area contributed by atoms with Crippen LogP contribution in [0.15, 0.2) is 47.4 Å². The molecule has 0 aliphatic carbocycles. The molecule has 0 saturated carbocycles. The Hall–Kier alpha value is -2.87. The largest absolute Gasteiger partial charge is 0.493 e. The number of ether oxygens (including phenoxy) is 2. The first-order valence-corrected chi connectivity index (χ1v) is 10.0. The van der Waals surface area contributed by atoms with Gasteiger partial charge in [-0.15, -0.1) is 11.8 Å².